The maximum atomic E-state index is 13.1. The zero-order valence-electron chi connectivity index (χ0n) is 15.6. The molecule has 3 nitrogen and oxygen atoms in total. The van der Waals surface area contributed by atoms with Crippen LogP contribution in [-0.4, -0.2) is 35.6 Å². The number of piperidine rings is 1. The number of halogens is 1. The predicted molar refractivity (Wildman–Crippen MR) is 96.9 cm³/mol. The summed E-state index contributed by atoms with van der Waals surface area (Å²) in [4.78, 5) is 14.8. The van der Waals surface area contributed by atoms with E-state index in [1.165, 1.54) is 5.56 Å². The van der Waals surface area contributed by atoms with Crippen LogP contribution in [0.15, 0.2) is 24.3 Å². The highest BCUT2D eigenvalue weighted by atomic mass is 19.1. The van der Waals surface area contributed by atoms with Gasteiger partial charge in [0.15, 0.2) is 0 Å². The second-order valence-electron chi connectivity index (χ2n) is 8.56. The fourth-order valence-electron chi connectivity index (χ4n) is 4.22. The number of nitrogens with zero attached hydrogens (tertiary/aromatic N) is 1. The molecule has 25 heavy (non-hydrogen) atoms. The van der Waals surface area contributed by atoms with Crippen molar-refractivity contribution < 1.29 is 13.9 Å². The van der Waals surface area contributed by atoms with E-state index in [4.69, 9.17) is 4.74 Å². The molecule has 0 spiro atoms. The molecule has 1 heterocycles. The Hall–Kier alpha value is -1.42. The Balaban J connectivity index is 1.49. The van der Waals surface area contributed by atoms with Gasteiger partial charge in [-0.1, -0.05) is 12.1 Å². The molecule has 3 rings (SSSR count). The first-order valence-electron chi connectivity index (χ1n) is 9.54. The van der Waals surface area contributed by atoms with Crippen molar-refractivity contribution in [3.8, 4) is 0 Å². The van der Waals surface area contributed by atoms with Gasteiger partial charge in [-0.15, -0.1) is 0 Å². The maximum Gasteiger partial charge on any atom is 0.309 e. The molecule has 1 aliphatic carbocycles. The van der Waals surface area contributed by atoms with E-state index < -0.39 is 5.60 Å². The quantitative estimate of drug-likeness (QED) is 0.753. The van der Waals surface area contributed by atoms with E-state index in [9.17, 15) is 9.18 Å². The van der Waals surface area contributed by atoms with Crippen molar-refractivity contribution in [3.05, 3.63) is 35.6 Å². The van der Waals surface area contributed by atoms with Gasteiger partial charge in [0.05, 0.1) is 5.92 Å². The van der Waals surface area contributed by atoms with Crippen LogP contribution in [0.3, 0.4) is 0 Å². The third-order valence-electron chi connectivity index (χ3n) is 5.53. The van der Waals surface area contributed by atoms with Crippen LogP contribution in [0.25, 0.3) is 0 Å². The van der Waals surface area contributed by atoms with Crippen molar-refractivity contribution in [2.45, 2.75) is 70.4 Å². The minimum Gasteiger partial charge on any atom is -0.460 e. The van der Waals surface area contributed by atoms with Crippen molar-refractivity contribution in [2.75, 3.05) is 13.1 Å². The fraction of sp³-hybridized carbons (Fsp3) is 0.667. The monoisotopic (exact) mass is 347 g/mol. The third kappa shape index (κ3) is 4.81. The first-order valence-corrected chi connectivity index (χ1v) is 9.54. The van der Waals surface area contributed by atoms with Crippen molar-refractivity contribution in [2.24, 2.45) is 5.92 Å². The summed E-state index contributed by atoms with van der Waals surface area (Å²) < 4.78 is 18.6. The van der Waals surface area contributed by atoms with Crippen molar-refractivity contribution in [1.29, 1.82) is 0 Å². The SMILES string of the molecule is CC(C)(C)OC(=O)[C@H]1CC[C@@H](N2CCC(c3ccc(F)cc3)CC2)C1. The van der Waals surface area contributed by atoms with Gasteiger partial charge in [-0.2, -0.15) is 0 Å². The topological polar surface area (TPSA) is 29.5 Å². The van der Waals surface area contributed by atoms with Crippen LogP contribution >= 0.6 is 0 Å². The minimum absolute atomic E-state index is 0.0313. The van der Waals surface area contributed by atoms with Crippen molar-refractivity contribution >= 4 is 5.97 Å². The highest BCUT2D eigenvalue weighted by molar-refractivity contribution is 5.73. The number of carbonyl (C=O) groups is 1. The van der Waals surface area contributed by atoms with Crippen LogP contribution in [0.2, 0.25) is 0 Å². The minimum atomic E-state index is -0.400. The smallest absolute Gasteiger partial charge is 0.309 e. The van der Waals surface area contributed by atoms with E-state index in [0.717, 1.165) is 45.2 Å². The van der Waals surface area contributed by atoms with Crippen LogP contribution in [0.5, 0.6) is 0 Å². The van der Waals surface area contributed by atoms with E-state index in [2.05, 4.69) is 4.90 Å². The largest absolute Gasteiger partial charge is 0.460 e. The molecule has 0 unspecified atom stereocenters. The Morgan fingerprint density at radius 2 is 1.72 bits per heavy atom. The summed E-state index contributed by atoms with van der Waals surface area (Å²) in [6, 6.07) is 7.47. The Morgan fingerprint density at radius 1 is 1.08 bits per heavy atom. The molecular weight excluding hydrogens is 317 g/mol. The number of likely N-dealkylation sites (tertiary alicyclic amines) is 1. The normalized spacial score (nSPS) is 25.9. The second kappa shape index (κ2) is 7.45. The standard InChI is InChI=1S/C21H30FNO2/c1-21(2,3)25-20(24)17-6-9-19(14-17)23-12-10-16(11-13-23)15-4-7-18(22)8-5-15/h4-5,7-8,16-17,19H,6,9-14H2,1-3H3/t17-,19+/m0/s1. The fourth-order valence-corrected chi connectivity index (χ4v) is 4.22. The lowest BCUT2D eigenvalue weighted by Gasteiger charge is -2.36. The van der Waals surface area contributed by atoms with Gasteiger partial charge in [-0.3, -0.25) is 4.79 Å². The van der Waals surface area contributed by atoms with Crippen molar-refractivity contribution in [1.82, 2.24) is 4.90 Å². The lowest BCUT2D eigenvalue weighted by atomic mass is 9.88. The Morgan fingerprint density at radius 3 is 2.32 bits per heavy atom. The van der Waals surface area contributed by atoms with E-state index >= 15 is 0 Å². The highest BCUT2D eigenvalue weighted by Crippen LogP contribution is 2.35. The van der Waals surface area contributed by atoms with E-state index in [0.29, 0.717) is 12.0 Å². The molecule has 1 aromatic carbocycles. The molecular formula is C21H30FNO2. The van der Waals surface area contributed by atoms with Gasteiger partial charge in [-0.05, 0) is 89.6 Å². The van der Waals surface area contributed by atoms with Gasteiger partial charge in [0, 0.05) is 6.04 Å². The third-order valence-corrected chi connectivity index (χ3v) is 5.53. The molecule has 1 aliphatic heterocycles. The number of hydrogen-bond donors (Lipinski definition) is 0. The molecule has 1 saturated heterocycles. The van der Waals surface area contributed by atoms with Crippen LogP contribution in [0.1, 0.15) is 64.4 Å². The molecule has 2 atom stereocenters. The van der Waals surface area contributed by atoms with Gasteiger partial charge < -0.3 is 9.64 Å². The number of esters is 1. The van der Waals surface area contributed by atoms with E-state index in [-0.39, 0.29) is 17.7 Å². The van der Waals surface area contributed by atoms with Gasteiger partial charge in [0.1, 0.15) is 11.4 Å². The summed E-state index contributed by atoms with van der Waals surface area (Å²) in [5.41, 5.74) is 0.849. The van der Waals surface area contributed by atoms with Crippen LogP contribution < -0.4 is 0 Å². The summed E-state index contributed by atoms with van der Waals surface area (Å²) in [7, 11) is 0. The average molecular weight is 347 g/mol. The molecule has 2 aliphatic rings. The molecule has 2 fully saturated rings. The molecule has 138 valence electrons. The number of rotatable bonds is 3. The van der Waals surface area contributed by atoms with Crippen LogP contribution in [0, 0.1) is 11.7 Å². The van der Waals surface area contributed by atoms with E-state index in [1.54, 1.807) is 12.1 Å². The lowest BCUT2D eigenvalue weighted by Crippen LogP contribution is -2.40. The molecule has 0 amide bonds. The Labute approximate surface area is 150 Å². The van der Waals surface area contributed by atoms with Crippen LogP contribution in [0.4, 0.5) is 4.39 Å². The molecule has 4 heteroatoms. The molecule has 0 aromatic heterocycles. The highest BCUT2D eigenvalue weighted by Gasteiger charge is 2.36. The van der Waals surface area contributed by atoms with E-state index in [1.807, 2.05) is 32.9 Å². The average Bonchev–Trinajstić information content (AvgIpc) is 3.04. The van der Waals surface area contributed by atoms with Gasteiger partial charge in [0.25, 0.3) is 0 Å². The number of carbonyl (C=O) groups excluding carboxylic acids is 1. The number of benzene rings is 1. The zero-order valence-corrected chi connectivity index (χ0v) is 15.6. The van der Waals surface area contributed by atoms with Gasteiger partial charge >= 0.3 is 5.97 Å². The summed E-state index contributed by atoms with van der Waals surface area (Å²) in [5, 5.41) is 0. The molecule has 1 saturated carbocycles. The molecule has 0 radical (unpaired) electrons. The summed E-state index contributed by atoms with van der Waals surface area (Å²) in [6.45, 7) is 7.91. The second-order valence-corrected chi connectivity index (χ2v) is 8.56. The first-order chi connectivity index (χ1) is 11.8. The van der Waals surface area contributed by atoms with Crippen LogP contribution in [-0.2, 0) is 9.53 Å². The number of hydrogen-bond acceptors (Lipinski definition) is 3. The summed E-state index contributed by atoms with van der Waals surface area (Å²) in [5.74, 6) is 0.385. The number of ether oxygens (including phenoxy) is 1. The van der Waals surface area contributed by atoms with Gasteiger partial charge in [0.2, 0.25) is 0 Å². The first kappa shape index (κ1) is 18.4. The molecule has 1 aromatic rings. The zero-order chi connectivity index (χ0) is 18.0. The molecule has 0 bridgehead atoms. The maximum absolute atomic E-state index is 13.1. The molecule has 0 N–H and O–H groups in total. The summed E-state index contributed by atoms with van der Waals surface area (Å²) in [6.07, 6.45) is 5.18. The Bertz CT molecular complexity index is 585. The summed E-state index contributed by atoms with van der Waals surface area (Å²) >= 11 is 0. The Kier molecular flexibility index (Phi) is 5.47. The van der Waals surface area contributed by atoms with Crippen molar-refractivity contribution in [3.63, 3.8) is 0 Å². The predicted octanol–water partition coefficient (Wildman–Crippen LogP) is 4.52. The van der Waals surface area contributed by atoms with Gasteiger partial charge in [-0.25, -0.2) is 4.39 Å². The lowest BCUT2D eigenvalue weighted by molar-refractivity contribution is -0.159.